The minimum atomic E-state index is -0.754. The zero-order valence-corrected chi connectivity index (χ0v) is 15.1. The van der Waals surface area contributed by atoms with Crippen LogP contribution in [0.1, 0.15) is 12.6 Å². The van der Waals surface area contributed by atoms with E-state index in [9.17, 15) is 13.6 Å². The normalized spacial score (nSPS) is 10.5. The molecule has 0 spiro atoms. The maximum absolute atomic E-state index is 13.8. The Morgan fingerprint density at radius 3 is 2.46 bits per heavy atom. The van der Waals surface area contributed by atoms with Crippen LogP contribution in [-0.4, -0.2) is 24.3 Å². The fourth-order valence-corrected chi connectivity index (χ4v) is 2.40. The molecule has 28 heavy (non-hydrogen) atoms. The number of nitrogens with one attached hydrogen (secondary N) is 1. The Morgan fingerprint density at radius 1 is 1.07 bits per heavy atom. The number of nitrogens with zero attached hydrogens (tertiary/aromatic N) is 1. The van der Waals surface area contributed by atoms with E-state index in [2.05, 4.69) is 10.5 Å². The molecule has 0 bridgehead atoms. The number of hydrogen-bond donors (Lipinski definition) is 1. The molecule has 1 aromatic heterocycles. The fraction of sp³-hybridized carbons (Fsp3) is 0.200. The standard InChI is InChI=1S/C20H18F2N2O4/c1-2-26-15-4-6-16(7-5-15)27-12-20(25)23-11-14-10-19(28-24-14)17-8-3-13(21)9-18(17)22/h3-10H,2,11-12H2,1H3,(H,23,25). The van der Waals surface area contributed by atoms with Crippen LogP contribution in [0.3, 0.4) is 0 Å². The van der Waals surface area contributed by atoms with Gasteiger partial charge in [-0.1, -0.05) is 5.16 Å². The maximum atomic E-state index is 13.8. The molecular formula is C20H18F2N2O4. The summed E-state index contributed by atoms with van der Waals surface area (Å²) in [6.45, 7) is 2.37. The molecule has 1 heterocycles. The number of halogens is 2. The first-order valence-corrected chi connectivity index (χ1v) is 8.58. The van der Waals surface area contributed by atoms with E-state index in [0.717, 1.165) is 17.9 Å². The summed E-state index contributed by atoms with van der Waals surface area (Å²) in [7, 11) is 0. The van der Waals surface area contributed by atoms with Gasteiger partial charge in [0, 0.05) is 12.1 Å². The first-order valence-electron chi connectivity index (χ1n) is 8.58. The Labute approximate surface area is 160 Å². The van der Waals surface area contributed by atoms with Crippen molar-refractivity contribution in [1.29, 1.82) is 0 Å². The average molecular weight is 388 g/mol. The number of aromatic nitrogens is 1. The van der Waals surface area contributed by atoms with Crippen LogP contribution in [0.4, 0.5) is 8.78 Å². The molecule has 0 unspecified atom stereocenters. The lowest BCUT2D eigenvalue weighted by atomic mass is 10.1. The molecule has 8 heteroatoms. The van der Waals surface area contributed by atoms with E-state index in [0.29, 0.717) is 18.1 Å². The van der Waals surface area contributed by atoms with Crippen molar-refractivity contribution >= 4 is 5.91 Å². The lowest BCUT2D eigenvalue weighted by Crippen LogP contribution is -2.28. The molecule has 3 rings (SSSR count). The van der Waals surface area contributed by atoms with Gasteiger partial charge in [-0.05, 0) is 43.3 Å². The Balaban J connectivity index is 1.49. The summed E-state index contributed by atoms with van der Waals surface area (Å²) >= 11 is 0. The first-order chi connectivity index (χ1) is 13.5. The van der Waals surface area contributed by atoms with Crippen LogP contribution in [-0.2, 0) is 11.3 Å². The quantitative estimate of drug-likeness (QED) is 0.637. The molecule has 1 amide bonds. The summed E-state index contributed by atoms with van der Waals surface area (Å²) in [6, 6.07) is 11.5. The molecular weight excluding hydrogens is 370 g/mol. The molecule has 1 N–H and O–H groups in total. The van der Waals surface area contributed by atoms with Crippen molar-refractivity contribution < 1.29 is 27.6 Å². The average Bonchev–Trinajstić information content (AvgIpc) is 3.15. The number of benzene rings is 2. The molecule has 0 aliphatic rings. The lowest BCUT2D eigenvalue weighted by Gasteiger charge is -2.07. The Kier molecular flexibility index (Phi) is 6.21. The predicted octanol–water partition coefficient (Wildman–Crippen LogP) is 3.71. The third-order valence-electron chi connectivity index (χ3n) is 3.73. The van der Waals surface area contributed by atoms with Crippen molar-refractivity contribution in [1.82, 2.24) is 10.5 Å². The van der Waals surface area contributed by atoms with Crippen molar-refractivity contribution in [3.05, 3.63) is 65.9 Å². The van der Waals surface area contributed by atoms with Crippen molar-refractivity contribution in [2.24, 2.45) is 0 Å². The summed E-state index contributed by atoms with van der Waals surface area (Å²) in [6.07, 6.45) is 0. The third-order valence-corrected chi connectivity index (χ3v) is 3.73. The second kappa shape index (κ2) is 8.98. The third kappa shape index (κ3) is 5.06. The molecule has 0 atom stereocenters. The van der Waals surface area contributed by atoms with E-state index in [1.54, 1.807) is 24.3 Å². The Hall–Kier alpha value is -3.42. The summed E-state index contributed by atoms with van der Waals surface area (Å²) < 4.78 is 42.5. The van der Waals surface area contributed by atoms with Crippen molar-refractivity contribution in [2.75, 3.05) is 13.2 Å². The van der Waals surface area contributed by atoms with Gasteiger partial charge in [0.1, 0.15) is 28.8 Å². The summed E-state index contributed by atoms with van der Waals surface area (Å²) in [5, 5.41) is 6.39. The second-order valence-electron chi connectivity index (χ2n) is 5.78. The first kappa shape index (κ1) is 19.3. The molecule has 0 saturated heterocycles. The number of hydrogen-bond acceptors (Lipinski definition) is 5. The van der Waals surface area contributed by atoms with Crippen LogP contribution < -0.4 is 14.8 Å². The molecule has 0 aliphatic heterocycles. The highest BCUT2D eigenvalue weighted by Crippen LogP contribution is 2.24. The van der Waals surface area contributed by atoms with E-state index in [-0.39, 0.29) is 30.4 Å². The Bertz CT molecular complexity index is 942. The minimum Gasteiger partial charge on any atom is -0.494 e. The second-order valence-corrected chi connectivity index (χ2v) is 5.78. The fourth-order valence-electron chi connectivity index (χ4n) is 2.40. The van der Waals surface area contributed by atoms with Crippen molar-refractivity contribution in [2.45, 2.75) is 13.5 Å². The van der Waals surface area contributed by atoms with E-state index >= 15 is 0 Å². The number of ether oxygens (including phenoxy) is 2. The minimum absolute atomic E-state index is 0.0811. The summed E-state index contributed by atoms with van der Waals surface area (Å²) in [5.74, 6) is -0.386. The van der Waals surface area contributed by atoms with Crippen LogP contribution in [0.5, 0.6) is 11.5 Å². The van der Waals surface area contributed by atoms with Gasteiger partial charge in [-0.15, -0.1) is 0 Å². The van der Waals surface area contributed by atoms with Gasteiger partial charge >= 0.3 is 0 Å². The predicted molar refractivity (Wildman–Crippen MR) is 96.8 cm³/mol. The van der Waals surface area contributed by atoms with Crippen LogP contribution in [0.15, 0.2) is 53.1 Å². The summed E-state index contributed by atoms with van der Waals surface area (Å²) in [4.78, 5) is 11.9. The van der Waals surface area contributed by atoms with E-state index in [1.807, 2.05) is 6.92 Å². The zero-order valence-electron chi connectivity index (χ0n) is 15.1. The molecule has 2 aromatic carbocycles. The molecule has 146 valence electrons. The topological polar surface area (TPSA) is 73.6 Å². The molecule has 0 saturated carbocycles. The number of carbonyl (C=O) groups is 1. The smallest absolute Gasteiger partial charge is 0.258 e. The van der Waals surface area contributed by atoms with Crippen LogP contribution >= 0.6 is 0 Å². The van der Waals surface area contributed by atoms with Gasteiger partial charge in [-0.2, -0.15) is 0 Å². The molecule has 0 aliphatic carbocycles. The van der Waals surface area contributed by atoms with Crippen molar-refractivity contribution in [3.63, 3.8) is 0 Å². The van der Waals surface area contributed by atoms with Gasteiger partial charge in [0.25, 0.3) is 5.91 Å². The van der Waals surface area contributed by atoms with Gasteiger partial charge in [0.05, 0.1) is 18.7 Å². The lowest BCUT2D eigenvalue weighted by molar-refractivity contribution is -0.123. The zero-order chi connectivity index (χ0) is 19.9. The molecule has 0 radical (unpaired) electrons. The highest BCUT2D eigenvalue weighted by atomic mass is 19.1. The van der Waals surface area contributed by atoms with Gasteiger partial charge in [0.15, 0.2) is 12.4 Å². The van der Waals surface area contributed by atoms with E-state index in [1.165, 1.54) is 12.1 Å². The van der Waals surface area contributed by atoms with E-state index in [4.69, 9.17) is 14.0 Å². The van der Waals surface area contributed by atoms with Crippen LogP contribution in [0.25, 0.3) is 11.3 Å². The maximum Gasteiger partial charge on any atom is 0.258 e. The largest absolute Gasteiger partial charge is 0.494 e. The van der Waals surface area contributed by atoms with E-state index < -0.39 is 11.6 Å². The number of carbonyl (C=O) groups excluding carboxylic acids is 1. The van der Waals surface area contributed by atoms with Gasteiger partial charge in [-0.25, -0.2) is 8.78 Å². The monoisotopic (exact) mass is 388 g/mol. The molecule has 0 fully saturated rings. The van der Waals surface area contributed by atoms with Gasteiger partial charge in [-0.3, -0.25) is 4.79 Å². The SMILES string of the molecule is CCOc1ccc(OCC(=O)NCc2cc(-c3ccc(F)cc3F)on2)cc1. The number of amides is 1. The van der Waals surface area contributed by atoms with Crippen LogP contribution in [0, 0.1) is 11.6 Å². The Morgan fingerprint density at radius 2 is 1.79 bits per heavy atom. The van der Waals surface area contributed by atoms with Crippen molar-refractivity contribution in [3.8, 4) is 22.8 Å². The highest BCUT2D eigenvalue weighted by molar-refractivity contribution is 5.77. The molecule has 6 nitrogen and oxygen atoms in total. The number of rotatable bonds is 8. The summed E-state index contributed by atoms with van der Waals surface area (Å²) in [5.41, 5.74) is 0.485. The van der Waals surface area contributed by atoms with Crippen LogP contribution in [0.2, 0.25) is 0 Å². The molecule has 3 aromatic rings. The highest BCUT2D eigenvalue weighted by Gasteiger charge is 2.13. The van der Waals surface area contributed by atoms with Gasteiger partial charge < -0.3 is 19.3 Å². The van der Waals surface area contributed by atoms with Gasteiger partial charge in [0.2, 0.25) is 0 Å².